The Morgan fingerprint density at radius 3 is 2.89 bits per heavy atom. The van der Waals surface area contributed by atoms with Gasteiger partial charge in [-0.1, -0.05) is 12.1 Å². The fourth-order valence-corrected chi connectivity index (χ4v) is 2.45. The number of nitrogens with two attached hydrogens (primary N) is 1. The van der Waals surface area contributed by atoms with Crippen LogP contribution in [0.4, 0.5) is 4.39 Å². The third-order valence-corrected chi connectivity index (χ3v) is 3.78. The van der Waals surface area contributed by atoms with Crippen molar-refractivity contribution in [3.05, 3.63) is 35.1 Å². The molecule has 1 heterocycles. The van der Waals surface area contributed by atoms with Gasteiger partial charge in [0.2, 0.25) is 0 Å². The Labute approximate surface area is 108 Å². The van der Waals surface area contributed by atoms with Crippen LogP contribution >= 0.6 is 0 Å². The number of hydrogen-bond donors (Lipinski definition) is 1. The van der Waals surface area contributed by atoms with E-state index >= 15 is 0 Å². The molecule has 0 radical (unpaired) electrons. The van der Waals surface area contributed by atoms with Crippen molar-refractivity contribution in [2.24, 2.45) is 5.73 Å². The Balaban J connectivity index is 2.18. The summed E-state index contributed by atoms with van der Waals surface area (Å²) < 4.78 is 19.0. The number of hydrogen-bond acceptors (Lipinski definition) is 3. The smallest absolute Gasteiger partial charge is 0.126 e. The SMILES string of the molecule is Cc1ccc(C(CN)N(C)C2CCOC2)cc1F. The van der Waals surface area contributed by atoms with Crippen molar-refractivity contribution in [1.29, 1.82) is 0 Å². The molecule has 1 aromatic rings. The van der Waals surface area contributed by atoms with Crippen molar-refractivity contribution >= 4 is 0 Å². The Morgan fingerprint density at radius 1 is 1.56 bits per heavy atom. The predicted octanol–water partition coefficient (Wildman–Crippen LogP) is 1.85. The maximum Gasteiger partial charge on any atom is 0.126 e. The summed E-state index contributed by atoms with van der Waals surface area (Å²) in [6.07, 6.45) is 1.02. The van der Waals surface area contributed by atoms with Gasteiger partial charge in [-0.05, 0) is 37.6 Å². The molecule has 3 nitrogen and oxygen atoms in total. The van der Waals surface area contributed by atoms with E-state index in [0.29, 0.717) is 18.2 Å². The summed E-state index contributed by atoms with van der Waals surface area (Å²) in [4.78, 5) is 2.21. The number of halogens is 1. The van der Waals surface area contributed by atoms with Gasteiger partial charge in [-0.15, -0.1) is 0 Å². The average molecular weight is 252 g/mol. The third kappa shape index (κ3) is 2.71. The molecule has 100 valence electrons. The summed E-state index contributed by atoms with van der Waals surface area (Å²) in [6, 6.07) is 5.79. The molecule has 2 atom stereocenters. The first kappa shape index (κ1) is 13.5. The predicted molar refractivity (Wildman–Crippen MR) is 69.9 cm³/mol. The zero-order valence-electron chi connectivity index (χ0n) is 11.0. The number of likely N-dealkylation sites (N-methyl/N-ethyl adjacent to an activating group) is 1. The van der Waals surface area contributed by atoms with Crippen molar-refractivity contribution in [3.63, 3.8) is 0 Å². The molecule has 4 heteroatoms. The Hall–Kier alpha value is -0.970. The average Bonchev–Trinajstić information content (AvgIpc) is 2.88. The van der Waals surface area contributed by atoms with E-state index < -0.39 is 0 Å². The second kappa shape index (κ2) is 5.78. The van der Waals surface area contributed by atoms with Crippen molar-refractivity contribution in [2.75, 3.05) is 26.8 Å². The van der Waals surface area contributed by atoms with Crippen LogP contribution in [0.5, 0.6) is 0 Å². The molecule has 2 N–H and O–H groups in total. The summed E-state index contributed by atoms with van der Waals surface area (Å²) in [7, 11) is 2.04. The molecule has 1 saturated heterocycles. The van der Waals surface area contributed by atoms with Gasteiger partial charge in [0.25, 0.3) is 0 Å². The molecule has 1 aliphatic rings. The Kier molecular flexibility index (Phi) is 4.32. The van der Waals surface area contributed by atoms with Gasteiger partial charge in [-0.3, -0.25) is 4.90 Å². The van der Waals surface area contributed by atoms with Gasteiger partial charge in [0.05, 0.1) is 6.61 Å². The normalized spacial score (nSPS) is 21.5. The van der Waals surface area contributed by atoms with Crippen molar-refractivity contribution < 1.29 is 9.13 Å². The van der Waals surface area contributed by atoms with E-state index in [2.05, 4.69) is 4.90 Å². The number of ether oxygens (including phenoxy) is 1. The van der Waals surface area contributed by atoms with Gasteiger partial charge in [0.15, 0.2) is 0 Å². The van der Waals surface area contributed by atoms with Crippen LogP contribution in [0.3, 0.4) is 0 Å². The van der Waals surface area contributed by atoms with E-state index in [1.165, 1.54) is 0 Å². The highest BCUT2D eigenvalue weighted by Crippen LogP contribution is 2.25. The lowest BCUT2D eigenvalue weighted by atomic mass is 10.0. The summed E-state index contributed by atoms with van der Waals surface area (Å²) in [6.45, 7) is 3.79. The lowest BCUT2D eigenvalue weighted by Gasteiger charge is -2.32. The molecule has 0 bridgehead atoms. The highest BCUT2D eigenvalue weighted by atomic mass is 19.1. The molecular formula is C14H21FN2O. The van der Waals surface area contributed by atoms with Crippen LogP contribution in [-0.2, 0) is 4.74 Å². The molecule has 18 heavy (non-hydrogen) atoms. The van der Waals surface area contributed by atoms with E-state index in [4.69, 9.17) is 10.5 Å². The van der Waals surface area contributed by atoms with Gasteiger partial charge in [-0.25, -0.2) is 4.39 Å². The minimum absolute atomic E-state index is 0.0480. The number of nitrogens with zero attached hydrogens (tertiary/aromatic N) is 1. The van der Waals surface area contributed by atoms with E-state index in [9.17, 15) is 4.39 Å². The minimum Gasteiger partial charge on any atom is -0.380 e. The van der Waals surface area contributed by atoms with E-state index in [1.54, 1.807) is 13.0 Å². The van der Waals surface area contributed by atoms with Crippen LogP contribution in [0.1, 0.15) is 23.6 Å². The summed E-state index contributed by atoms with van der Waals surface area (Å²) >= 11 is 0. The highest BCUT2D eigenvalue weighted by molar-refractivity contribution is 5.26. The zero-order valence-corrected chi connectivity index (χ0v) is 11.0. The van der Waals surface area contributed by atoms with E-state index in [0.717, 1.165) is 25.2 Å². The minimum atomic E-state index is -0.165. The van der Waals surface area contributed by atoms with Crippen LogP contribution < -0.4 is 5.73 Å². The molecule has 0 saturated carbocycles. The summed E-state index contributed by atoms with van der Waals surface area (Å²) in [5.74, 6) is -0.165. The van der Waals surface area contributed by atoms with Gasteiger partial charge in [0.1, 0.15) is 5.82 Å². The van der Waals surface area contributed by atoms with Crippen LogP contribution in [0, 0.1) is 12.7 Å². The van der Waals surface area contributed by atoms with Crippen molar-refractivity contribution in [3.8, 4) is 0 Å². The summed E-state index contributed by atoms with van der Waals surface area (Å²) in [5.41, 5.74) is 7.46. The van der Waals surface area contributed by atoms with Crippen LogP contribution in [0.15, 0.2) is 18.2 Å². The van der Waals surface area contributed by atoms with Crippen molar-refractivity contribution in [2.45, 2.75) is 25.4 Å². The third-order valence-electron chi connectivity index (χ3n) is 3.78. The van der Waals surface area contributed by atoms with Crippen LogP contribution in [0.2, 0.25) is 0 Å². The first-order chi connectivity index (χ1) is 8.63. The van der Waals surface area contributed by atoms with Gasteiger partial charge >= 0.3 is 0 Å². The van der Waals surface area contributed by atoms with Crippen molar-refractivity contribution in [1.82, 2.24) is 4.90 Å². The van der Waals surface area contributed by atoms with Gasteiger partial charge < -0.3 is 10.5 Å². The lowest BCUT2D eigenvalue weighted by Crippen LogP contribution is -2.39. The highest BCUT2D eigenvalue weighted by Gasteiger charge is 2.26. The quantitative estimate of drug-likeness (QED) is 0.889. The summed E-state index contributed by atoms with van der Waals surface area (Å²) in [5, 5.41) is 0. The largest absolute Gasteiger partial charge is 0.380 e. The number of benzene rings is 1. The molecule has 1 fully saturated rings. The Bertz CT molecular complexity index is 405. The monoisotopic (exact) mass is 252 g/mol. The first-order valence-corrected chi connectivity index (χ1v) is 6.39. The Morgan fingerprint density at radius 2 is 2.33 bits per heavy atom. The maximum atomic E-state index is 13.6. The molecule has 0 aliphatic carbocycles. The van der Waals surface area contributed by atoms with E-state index in [1.807, 2.05) is 19.2 Å². The zero-order chi connectivity index (χ0) is 13.1. The molecule has 0 amide bonds. The van der Waals surface area contributed by atoms with Gasteiger partial charge in [0, 0.05) is 25.2 Å². The standard InChI is InChI=1S/C14H21FN2O/c1-10-3-4-11(7-13(10)15)14(8-16)17(2)12-5-6-18-9-12/h3-4,7,12,14H,5-6,8-9,16H2,1-2H3. The number of aryl methyl sites for hydroxylation is 1. The molecule has 1 aromatic carbocycles. The fourth-order valence-electron chi connectivity index (χ4n) is 2.45. The fraction of sp³-hybridized carbons (Fsp3) is 0.571. The molecule has 0 aromatic heterocycles. The molecular weight excluding hydrogens is 231 g/mol. The molecule has 1 aliphatic heterocycles. The maximum absolute atomic E-state index is 13.6. The number of rotatable bonds is 4. The van der Waals surface area contributed by atoms with Crippen LogP contribution in [-0.4, -0.2) is 37.7 Å². The van der Waals surface area contributed by atoms with E-state index in [-0.39, 0.29) is 11.9 Å². The second-order valence-corrected chi connectivity index (χ2v) is 4.94. The molecule has 0 spiro atoms. The lowest BCUT2D eigenvalue weighted by molar-refractivity contribution is 0.134. The molecule has 2 unspecified atom stereocenters. The first-order valence-electron chi connectivity index (χ1n) is 6.39. The molecule has 2 rings (SSSR count). The second-order valence-electron chi connectivity index (χ2n) is 4.94. The van der Waals surface area contributed by atoms with Crippen LogP contribution in [0.25, 0.3) is 0 Å². The topological polar surface area (TPSA) is 38.5 Å². The van der Waals surface area contributed by atoms with Gasteiger partial charge in [-0.2, -0.15) is 0 Å².